The van der Waals surface area contributed by atoms with Crippen molar-refractivity contribution in [3.63, 3.8) is 0 Å². The number of carbonyl (C=O) groups excluding carboxylic acids is 2. The Morgan fingerprint density at radius 2 is 1.14 bits per heavy atom. The smallest absolute Gasteiger partial charge is 0.465 e. The van der Waals surface area contributed by atoms with Gasteiger partial charge in [-0.3, -0.25) is 10.1 Å². The summed E-state index contributed by atoms with van der Waals surface area (Å²) in [5, 5.41) is 26.9. The van der Waals surface area contributed by atoms with Crippen molar-refractivity contribution < 1.29 is 54.4 Å². The molecule has 0 aliphatic heterocycles. The number of aliphatic hydroxyl groups is 2. The summed E-state index contributed by atoms with van der Waals surface area (Å²) < 4.78 is 20.5. The molecule has 5 N–H and O–H groups in total. The van der Waals surface area contributed by atoms with E-state index in [1.54, 1.807) is 0 Å². The molecule has 0 spiro atoms. The molecule has 0 aromatic rings. The molecule has 12 heteroatoms. The molecule has 0 amide bonds. The molecule has 0 bridgehead atoms. The summed E-state index contributed by atoms with van der Waals surface area (Å²) in [4.78, 5) is 30.0. The minimum atomic E-state index is -1.01. The van der Waals surface area contributed by atoms with Crippen LogP contribution >= 0.6 is 0 Å². The molecule has 344 valence electrons. The number of allylic oxidation sites excluding steroid dienone is 1. The lowest BCUT2D eigenvalue weighted by Gasteiger charge is -2.18. The van der Waals surface area contributed by atoms with Gasteiger partial charge in [0.25, 0.3) is 0 Å². The van der Waals surface area contributed by atoms with Crippen molar-refractivity contribution >= 4 is 12.1 Å². The highest BCUT2D eigenvalue weighted by atomic mass is 17.1. The quantitative estimate of drug-likeness (QED) is 0.0164. The summed E-state index contributed by atoms with van der Waals surface area (Å²) >= 11 is 0. The average molecular weight is 816 g/mol. The highest BCUT2D eigenvalue weighted by molar-refractivity contribution is 5.69. The van der Waals surface area contributed by atoms with E-state index in [0.717, 1.165) is 45.3 Å². The zero-order chi connectivity index (χ0) is 43.2. The number of unbranched alkanes of at least 4 members (excludes halogenated alkanes) is 9. The van der Waals surface area contributed by atoms with Crippen LogP contribution in [0.1, 0.15) is 192 Å². The van der Waals surface area contributed by atoms with Gasteiger partial charge in [-0.25, -0.2) is 9.68 Å². The molecule has 12 nitrogen and oxygen atoms in total. The van der Waals surface area contributed by atoms with E-state index < -0.39 is 24.3 Å². The predicted octanol–water partition coefficient (Wildman–Crippen LogP) is 11.0. The third-order valence-electron chi connectivity index (χ3n) is 6.86. The number of carbonyl (C=O) groups is 2. The van der Waals surface area contributed by atoms with Gasteiger partial charge in [0.05, 0.1) is 38.8 Å². The first-order chi connectivity index (χ1) is 26.6. The van der Waals surface area contributed by atoms with Gasteiger partial charge in [-0.2, -0.15) is 0 Å². The Balaban J connectivity index is -0.000000179. The van der Waals surface area contributed by atoms with Gasteiger partial charge < -0.3 is 39.5 Å². The van der Waals surface area contributed by atoms with Crippen molar-refractivity contribution in [1.29, 1.82) is 0 Å². The Morgan fingerprint density at radius 1 is 0.643 bits per heavy atom. The lowest BCUT2D eigenvalue weighted by molar-refractivity contribution is -0.255. The van der Waals surface area contributed by atoms with Crippen molar-refractivity contribution in [1.82, 2.24) is 4.90 Å². The van der Waals surface area contributed by atoms with Gasteiger partial charge in [0.15, 0.2) is 6.29 Å². The molecule has 0 aromatic carbocycles. The maximum Gasteiger partial charge on any atom is 0.508 e. The molecule has 0 heterocycles. The Hall–Kier alpha value is -1.80. The maximum atomic E-state index is 11.9. The predicted molar refractivity (Wildman–Crippen MR) is 235 cm³/mol. The summed E-state index contributed by atoms with van der Waals surface area (Å²) in [7, 11) is 0. The standard InChI is InChI=1S/C24H47NO9.C9H18O.3C3H8.C2H6.H2O/c1-4-7-8-9-10-11-16-30-22(26)13-14-23(27)32-18-21(20-34-29)19-33-24(28)31-17-12-15-25(5-2)6-3;1-2-3-4-5-6-7-8-9-10;3*1-3-2;1-2;/h21-22,26,29H,4-20H2,1-3H3;7-8,10H,2-6,9H2,1H3;3*3H2,1-2H3;1-2H3;1H2/b;8-7-;;;;;. The summed E-state index contributed by atoms with van der Waals surface area (Å²) in [5.74, 6) is -1.07. The number of hydrogen-bond acceptors (Lipinski definition) is 11. The second kappa shape index (κ2) is 67.9. The Kier molecular flexibility index (Phi) is 83.5. The van der Waals surface area contributed by atoms with Gasteiger partial charge in [0.2, 0.25) is 0 Å². The van der Waals surface area contributed by atoms with E-state index in [0.29, 0.717) is 13.0 Å². The van der Waals surface area contributed by atoms with Crippen molar-refractivity contribution in [3.05, 3.63) is 12.2 Å². The van der Waals surface area contributed by atoms with Crippen LogP contribution in [0.3, 0.4) is 0 Å². The summed E-state index contributed by atoms with van der Waals surface area (Å²) in [6.45, 7) is 28.5. The van der Waals surface area contributed by atoms with Gasteiger partial charge in [-0.1, -0.05) is 166 Å². The van der Waals surface area contributed by atoms with Gasteiger partial charge in [0.1, 0.15) is 6.61 Å². The molecule has 2 unspecified atom stereocenters. The fourth-order valence-electron chi connectivity index (χ4n) is 4.05. The zero-order valence-corrected chi connectivity index (χ0v) is 38.8. The highest BCUT2D eigenvalue weighted by Crippen LogP contribution is 2.08. The average Bonchev–Trinajstić information content (AvgIpc) is 3.18. The lowest BCUT2D eigenvalue weighted by Crippen LogP contribution is -2.26. The fourth-order valence-corrected chi connectivity index (χ4v) is 4.05. The van der Waals surface area contributed by atoms with Crippen LogP contribution in [0.5, 0.6) is 0 Å². The minimum absolute atomic E-state index is 0. The number of rotatable bonds is 29. The van der Waals surface area contributed by atoms with E-state index in [1.165, 1.54) is 64.2 Å². The number of aliphatic hydroxyl groups excluding tert-OH is 2. The van der Waals surface area contributed by atoms with Crippen LogP contribution in [0.4, 0.5) is 4.79 Å². The van der Waals surface area contributed by atoms with Crippen molar-refractivity contribution in [2.75, 3.05) is 59.3 Å². The van der Waals surface area contributed by atoms with Crippen LogP contribution in [-0.2, 0) is 28.6 Å². The van der Waals surface area contributed by atoms with Crippen LogP contribution in [0.2, 0.25) is 0 Å². The molecule has 0 saturated heterocycles. The Labute approximate surface area is 346 Å². The summed E-state index contributed by atoms with van der Waals surface area (Å²) in [6.07, 6.45) is 19.7. The molecule has 0 rings (SSSR count). The topological polar surface area (TPSA) is 176 Å². The first kappa shape index (κ1) is 68.9. The monoisotopic (exact) mass is 816 g/mol. The summed E-state index contributed by atoms with van der Waals surface area (Å²) in [6, 6.07) is 0. The van der Waals surface area contributed by atoms with Gasteiger partial charge in [0, 0.05) is 19.6 Å². The van der Waals surface area contributed by atoms with Gasteiger partial charge in [-0.15, -0.1) is 0 Å². The van der Waals surface area contributed by atoms with E-state index in [9.17, 15) is 14.7 Å². The number of esters is 1. The molecule has 0 radical (unpaired) electrons. The first-order valence-electron chi connectivity index (χ1n) is 22.1. The van der Waals surface area contributed by atoms with Crippen molar-refractivity contribution in [3.8, 4) is 0 Å². The Morgan fingerprint density at radius 3 is 1.64 bits per heavy atom. The van der Waals surface area contributed by atoms with Gasteiger partial charge >= 0.3 is 12.1 Å². The fraction of sp³-hybridized carbons (Fsp3) is 0.909. The molecule has 0 aliphatic carbocycles. The van der Waals surface area contributed by atoms with Gasteiger partial charge in [-0.05, 0) is 38.8 Å². The molecular weight excluding hydrogens is 718 g/mol. The zero-order valence-electron chi connectivity index (χ0n) is 38.8. The summed E-state index contributed by atoms with van der Waals surface area (Å²) in [5.41, 5.74) is 0. The van der Waals surface area contributed by atoms with Crippen LogP contribution in [-0.4, -0.2) is 104 Å². The number of ether oxygens (including phenoxy) is 4. The molecule has 0 saturated carbocycles. The normalized spacial score (nSPS) is 10.9. The Bertz CT molecular complexity index is 691. The second-order valence-corrected chi connectivity index (χ2v) is 12.9. The van der Waals surface area contributed by atoms with E-state index in [4.69, 9.17) is 29.3 Å². The molecule has 0 fully saturated rings. The number of hydrogen-bond donors (Lipinski definition) is 3. The van der Waals surface area contributed by atoms with E-state index in [1.807, 2.05) is 19.9 Å². The third kappa shape index (κ3) is 73.3. The molecule has 2 atom stereocenters. The van der Waals surface area contributed by atoms with E-state index in [2.05, 4.69) is 85.1 Å². The van der Waals surface area contributed by atoms with E-state index in [-0.39, 0.29) is 51.4 Å². The van der Waals surface area contributed by atoms with Crippen LogP contribution < -0.4 is 0 Å². The molecular formula is C44H97NO11. The maximum absolute atomic E-state index is 11.9. The van der Waals surface area contributed by atoms with E-state index >= 15 is 0 Å². The SMILES string of the molecule is CC.CCC.CCC.CCC.CCCCCC/C=C\CO.CCCCCCCCOC(O)CCC(=O)OCC(COO)COC(=O)OCCCN(CC)CC.O. The third-order valence-corrected chi connectivity index (χ3v) is 6.86. The largest absolute Gasteiger partial charge is 0.508 e. The molecule has 56 heavy (non-hydrogen) atoms. The minimum Gasteiger partial charge on any atom is -0.465 e. The number of nitrogens with zero attached hydrogens (tertiary/aromatic N) is 1. The molecule has 0 aliphatic rings. The second-order valence-electron chi connectivity index (χ2n) is 12.9. The van der Waals surface area contributed by atoms with Crippen molar-refractivity contribution in [2.24, 2.45) is 5.92 Å². The first-order valence-corrected chi connectivity index (χ1v) is 22.1. The lowest BCUT2D eigenvalue weighted by atomic mass is 10.1. The highest BCUT2D eigenvalue weighted by Gasteiger charge is 2.17. The molecule has 0 aromatic heterocycles. The van der Waals surface area contributed by atoms with Crippen LogP contribution in [0.15, 0.2) is 12.2 Å². The van der Waals surface area contributed by atoms with Crippen LogP contribution in [0.25, 0.3) is 0 Å². The van der Waals surface area contributed by atoms with Crippen LogP contribution in [0, 0.1) is 5.92 Å². The van der Waals surface area contributed by atoms with Crippen molar-refractivity contribution in [2.45, 2.75) is 199 Å².